The summed E-state index contributed by atoms with van der Waals surface area (Å²) in [5, 5.41) is 9.52. The number of aryl methyl sites for hydroxylation is 1. The largest absolute Gasteiger partial charge is 0.392 e. The average molecular weight is 259 g/mol. The van der Waals surface area contributed by atoms with E-state index in [-0.39, 0.29) is 11.7 Å². The van der Waals surface area contributed by atoms with E-state index in [4.69, 9.17) is 0 Å². The zero-order valence-corrected chi connectivity index (χ0v) is 10.9. The van der Waals surface area contributed by atoms with Crippen LogP contribution in [0.2, 0.25) is 0 Å². The van der Waals surface area contributed by atoms with E-state index in [2.05, 4.69) is 9.88 Å². The molecule has 1 aliphatic heterocycles. The number of aromatic nitrogens is 2. The van der Waals surface area contributed by atoms with E-state index in [1.807, 2.05) is 19.1 Å². The molecule has 1 N–H and O–H groups in total. The molecule has 3 heterocycles. The summed E-state index contributed by atoms with van der Waals surface area (Å²) in [6.07, 6.45) is 2.29. The Labute approximate surface area is 111 Å². The molecular formula is C14H17N3O2. The van der Waals surface area contributed by atoms with Gasteiger partial charge in [-0.05, 0) is 25.0 Å². The van der Waals surface area contributed by atoms with E-state index in [0.717, 1.165) is 24.2 Å². The monoisotopic (exact) mass is 259 g/mol. The second-order valence-electron chi connectivity index (χ2n) is 5.15. The van der Waals surface area contributed by atoms with Gasteiger partial charge in [-0.1, -0.05) is 6.07 Å². The summed E-state index contributed by atoms with van der Waals surface area (Å²) in [7, 11) is 0. The van der Waals surface area contributed by atoms with Crippen LogP contribution in [-0.2, 0) is 6.54 Å². The maximum Gasteiger partial charge on any atom is 0.258 e. The Morgan fingerprint density at radius 1 is 1.53 bits per heavy atom. The number of nitrogens with zero attached hydrogens (tertiary/aromatic N) is 3. The van der Waals surface area contributed by atoms with Crippen molar-refractivity contribution in [2.45, 2.75) is 26.0 Å². The summed E-state index contributed by atoms with van der Waals surface area (Å²) >= 11 is 0. The summed E-state index contributed by atoms with van der Waals surface area (Å²) in [6, 6.07) is 5.38. The Morgan fingerprint density at radius 3 is 3.11 bits per heavy atom. The van der Waals surface area contributed by atoms with Crippen molar-refractivity contribution in [2.24, 2.45) is 0 Å². The highest BCUT2D eigenvalue weighted by molar-refractivity contribution is 5.46. The van der Waals surface area contributed by atoms with Gasteiger partial charge in [-0.2, -0.15) is 0 Å². The molecule has 2 aromatic heterocycles. The molecule has 5 heteroatoms. The highest BCUT2D eigenvalue weighted by Crippen LogP contribution is 2.12. The van der Waals surface area contributed by atoms with E-state index in [1.165, 1.54) is 0 Å². The van der Waals surface area contributed by atoms with Crippen molar-refractivity contribution in [1.82, 2.24) is 14.3 Å². The van der Waals surface area contributed by atoms with Crippen LogP contribution in [0.25, 0.3) is 5.65 Å². The third-order valence-electron chi connectivity index (χ3n) is 3.57. The van der Waals surface area contributed by atoms with Crippen LogP contribution in [0, 0.1) is 6.92 Å². The molecule has 2 aromatic rings. The van der Waals surface area contributed by atoms with Crippen molar-refractivity contribution in [2.75, 3.05) is 13.1 Å². The first kappa shape index (κ1) is 12.3. The molecule has 1 aliphatic rings. The summed E-state index contributed by atoms with van der Waals surface area (Å²) in [6.45, 7) is 4.09. The van der Waals surface area contributed by atoms with Crippen molar-refractivity contribution >= 4 is 5.65 Å². The molecule has 3 rings (SSSR count). The van der Waals surface area contributed by atoms with Gasteiger partial charge in [0.25, 0.3) is 5.56 Å². The molecule has 0 saturated carbocycles. The van der Waals surface area contributed by atoms with Crippen LogP contribution in [0.4, 0.5) is 0 Å². The molecule has 5 nitrogen and oxygen atoms in total. The van der Waals surface area contributed by atoms with Gasteiger partial charge < -0.3 is 5.11 Å². The number of aliphatic hydroxyl groups excluding tert-OH is 1. The molecule has 1 fully saturated rings. The maximum absolute atomic E-state index is 12.0. The van der Waals surface area contributed by atoms with Crippen LogP contribution in [0.15, 0.2) is 29.2 Å². The van der Waals surface area contributed by atoms with Gasteiger partial charge in [0.1, 0.15) is 5.65 Å². The quantitative estimate of drug-likeness (QED) is 0.856. The highest BCUT2D eigenvalue weighted by atomic mass is 16.3. The van der Waals surface area contributed by atoms with Crippen LogP contribution < -0.4 is 5.56 Å². The van der Waals surface area contributed by atoms with Gasteiger partial charge in [-0.3, -0.25) is 14.1 Å². The van der Waals surface area contributed by atoms with E-state index in [9.17, 15) is 9.90 Å². The summed E-state index contributed by atoms with van der Waals surface area (Å²) in [4.78, 5) is 18.7. The van der Waals surface area contributed by atoms with Crippen molar-refractivity contribution < 1.29 is 5.11 Å². The number of β-amino-alcohol motifs (C(OH)–C–C–N with tert-alkyl or cyclic N) is 1. The fourth-order valence-electron chi connectivity index (χ4n) is 2.57. The number of aliphatic hydroxyl groups is 1. The Kier molecular flexibility index (Phi) is 3.08. The molecule has 100 valence electrons. The molecule has 19 heavy (non-hydrogen) atoms. The zero-order valence-electron chi connectivity index (χ0n) is 10.9. The van der Waals surface area contributed by atoms with E-state index >= 15 is 0 Å². The predicted molar refractivity (Wildman–Crippen MR) is 72.1 cm³/mol. The third kappa shape index (κ3) is 2.39. The topological polar surface area (TPSA) is 57.8 Å². The van der Waals surface area contributed by atoms with Crippen LogP contribution in [0.1, 0.15) is 17.7 Å². The molecular weight excluding hydrogens is 242 g/mol. The van der Waals surface area contributed by atoms with E-state index < -0.39 is 0 Å². The molecule has 0 unspecified atom stereocenters. The molecule has 1 atom stereocenters. The lowest BCUT2D eigenvalue weighted by Crippen LogP contribution is -2.24. The molecule has 1 saturated heterocycles. The Bertz CT molecular complexity index is 665. The van der Waals surface area contributed by atoms with E-state index in [0.29, 0.717) is 18.7 Å². The smallest absolute Gasteiger partial charge is 0.258 e. The van der Waals surface area contributed by atoms with Crippen molar-refractivity contribution in [3.8, 4) is 0 Å². The fourth-order valence-corrected chi connectivity index (χ4v) is 2.57. The normalized spacial score (nSPS) is 20.2. The highest BCUT2D eigenvalue weighted by Gasteiger charge is 2.20. The standard InChI is InChI=1S/C14H17N3O2/c1-10-3-2-5-17-13(19)7-11(15-14(10)17)8-16-6-4-12(18)9-16/h2-3,5,7,12,18H,4,6,8-9H2,1H3/t12-/m1/s1. The maximum atomic E-state index is 12.0. The first-order valence-electron chi connectivity index (χ1n) is 6.52. The van der Waals surface area contributed by atoms with Crippen LogP contribution >= 0.6 is 0 Å². The molecule has 0 spiro atoms. The lowest BCUT2D eigenvalue weighted by Gasteiger charge is -2.14. The Balaban J connectivity index is 1.97. The second kappa shape index (κ2) is 4.75. The second-order valence-corrected chi connectivity index (χ2v) is 5.15. The van der Waals surface area contributed by atoms with Crippen LogP contribution in [-0.4, -0.2) is 38.6 Å². The van der Waals surface area contributed by atoms with Gasteiger partial charge in [0.05, 0.1) is 11.8 Å². The van der Waals surface area contributed by atoms with E-state index in [1.54, 1.807) is 16.7 Å². The zero-order chi connectivity index (χ0) is 13.4. The minimum absolute atomic E-state index is 0.0524. The van der Waals surface area contributed by atoms with Crippen molar-refractivity contribution in [3.05, 3.63) is 46.0 Å². The summed E-state index contributed by atoms with van der Waals surface area (Å²) < 4.78 is 1.57. The number of pyridine rings is 1. The van der Waals surface area contributed by atoms with Crippen molar-refractivity contribution in [3.63, 3.8) is 0 Å². The Hall–Kier alpha value is -1.72. The minimum Gasteiger partial charge on any atom is -0.392 e. The lowest BCUT2D eigenvalue weighted by molar-refractivity contribution is 0.174. The molecule has 0 aliphatic carbocycles. The fraction of sp³-hybridized carbons (Fsp3) is 0.429. The van der Waals surface area contributed by atoms with Gasteiger partial charge in [-0.15, -0.1) is 0 Å². The Morgan fingerprint density at radius 2 is 2.37 bits per heavy atom. The van der Waals surface area contributed by atoms with Gasteiger partial charge >= 0.3 is 0 Å². The van der Waals surface area contributed by atoms with Gasteiger partial charge in [0.2, 0.25) is 0 Å². The first-order valence-corrected chi connectivity index (χ1v) is 6.52. The SMILES string of the molecule is Cc1cccn2c(=O)cc(CN3CC[C@@H](O)C3)nc12. The molecule has 0 aromatic carbocycles. The predicted octanol–water partition coefficient (Wildman–Crippen LogP) is 0.570. The van der Waals surface area contributed by atoms with Gasteiger partial charge in [-0.25, -0.2) is 4.98 Å². The number of hydrogen-bond donors (Lipinski definition) is 1. The summed E-state index contributed by atoms with van der Waals surface area (Å²) in [5.74, 6) is 0. The van der Waals surface area contributed by atoms with Crippen LogP contribution in [0.5, 0.6) is 0 Å². The van der Waals surface area contributed by atoms with Gasteiger partial charge in [0, 0.05) is 31.9 Å². The van der Waals surface area contributed by atoms with Gasteiger partial charge in [0.15, 0.2) is 0 Å². The average Bonchev–Trinajstić information content (AvgIpc) is 2.76. The summed E-state index contributed by atoms with van der Waals surface area (Å²) in [5.41, 5.74) is 2.42. The number of likely N-dealkylation sites (tertiary alicyclic amines) is 1. The minimum atomic E-state index is -0.247. The number of fused-ring (bicyclic) bond motifs is 1. The number of hydrogen-bond acceptors (Lipinski definition) is 4. The third-order valence-corrected chi connectivity index (χ3v) is 3.57. The van der Waals surface area contributed by atoms with Crippen molar-refractivity contribution in [1.29, 1.82) is 0 Å². The molecule has 0 radical (unpaired) electrons. The van der Waals surface area contributed by atoms with Crippen LogP contribution in [0.3, 0.4) is 0 Å². The molecule has 0 amide bonds. The number of rotatable bonds is 2. The molecule has 0 bridgehead atoms. The lowest BCUT2D eigenvalue weighted by atomic mass is 10.3. The first-order chi connectivity index (χ1) is 9.13.